The van der Waals surface area contributed by atoms with Crippen LogP contribution in [0.15, 0.2) is 78.9 Å². The maximum absolute atomic E-state index is 13.8. The summed E-state index contributed by atoms with van der Waals surface area (Å²) in [5.74, 6) is -1.94. The van der Waals surface area contributed by atoms with E-state index in [1.165, 1.54) is 23.1 Å². The molecule has 3 aromatic rings. The van der Waals surface area contributed by atoms with E-state index in [-0.39, 0.29) is 18.5 Å². The van der Waals surface area contributed by atoms with E-state index in [9.17, 15) is 18.8 Å². The van der Waals surface area contributed by atoms with E-state index in [4.69, 9.17) is 11.6 Å². The Labute approximate surface area is 190 Å². The van der Waals surface area contributed by atoms with Gasteiger partial charge in [0.25, 0.3) is 11.8 Å². The summed E-state index contributed by atoms with van der Waals surface area (Å²) in [6.45, 7) is 0.206. The number of rotatable bonds is 6. The number of benzene rings is 3. The number of halogens is 2. The fraction of sp³-hybridized carbons (Fsp3) is 0.160. The first-order chi connectivity index (χ1) is 15.4. The normalized spacial score (nSPS) is 15.8. The molecule has 4 rings (SSSR count). The Morgan fingerprint density at radius 1 is 1.00 bits per heavy atom. The van der Waals surface area contributed by atoms with Crippen molar-refractivity contribution in [3.05, 3.63) is 101 Å². The molecule has 7 heteroatoms. The van der Waals surface area contributed by atoms with Crippen molar-refractivity contribution < 1.29 is 18.8 Å². The van der Waals surface area contributed by atoms with Gasteiger partial charge in [-0.1, -0.05) is 48.0 Å². The number of anilines is 1. The van der Waals surface area contributed by atoms with Crippen LogP contribution in [0.2, 0.25) is 5.02 Å². The zero-order valence-electron chi connectivity index (χ0n) is 17.1. The molecular weight excluding hydrogens is 431 g/mol. The molecule has 0 radical (unpaired) electrons. The lowest BCUT2D eigenvalue weighted by atomic mass is 10.1. The van der Waals surface area contributed by atoms with Crippen molar-refractivity contribution in [3.63, 3.8) is 0 Å². The Morgan fingerprint density at radius 3 is 2.41 bits per heavy atom. The molecule has 0 spiro atoms. The van der Waals surface area contributed by atoms with Crippen LogP contribution >= 0.6 is 11.6 Å². The predicted molar refractivity (Wildman–Crippen MR) is 120 cm³/mol. The van der Waals surface area contributed by atoms with Crippen LogP contribution in [-0.2, 0) is 16.0 Å². The van der Waals surface area contributed by atoms with Crippen molar-refractivity contribution in [2.45, 2.75) is 18.9 Å². The fourth-order valence-corrected chi connectivity index (χ4v) is 3.93. The summed E-state index contributed by atoms with van der Waals surface area (Å²) in [5.41, 5.74) is 1.51. The van der Waals surface area contributed by atoms with Crippen LogP contribution in [0.4, 0.5) is 10.1 Å². The van der Waals surface area contributed by atoms with E-state index < -0.39 is 29.6 Å². The minimum atomic E-state index is -0.974. The molecule has 0 aromatic heterocycles. The summed E-state index contributed by atoms with van der Waals surface area (Å²) in [6, 6.07) is 20.2. The molecule has 1 aliphatic rings. The average Bonchev–Trinajstić information content (AvgIpc) is 3.09. The molecule has 3 aromatic carbocycles. The van der Waals surface area contributed by atoms with Gasteiger partial charge in [-0.3, -0.25) is 14.4 Å². The highest BCUT2D eigenvalue weighted by Gasteiger charge is 2.44. The van der Waals surface area contributed by atoms with Gasteiger partial charge in [0.05, 0.1) is 12.1 Å². The van der Waals surface area contributed by atoms with Crippen molar-refractivity contribution >= 4 is 35.0 Å². The molecule has 0 N–H and O–H groups in total. The number of nitrogens with zero attached hydrogens (tertiary/aromatic N) is 2. The quantitative estimate of drug-likeness (QED) is 0.520. The third kappa shape index (κ3) is 4.55. The number of hydrogen-bond acceptors (Lipinski definition) is 3. The molecule has 1 saturated heterocycles. The molecule has 0 bridgehead atoms. The maximum atomic E-state index is 13.8. The first-order valence-corrected chi connectivity index (χ1v) is 10.5. The van der Waals surface area contributed by atoms with E-state index in [0.717, 1.165) is 16.5 Å². The van der Waals surface area contributed by atoms with Crippen LogP contribution < -0.4 is 4.90 Å². The second-order valence-corrected chi connectivity index (χ2v) is 7.94. The van der Waals surface area contributed by atoms with Gasteiger partial charge < -0.3 is 4.90 Å². The molecule has 1 atom stereocenters. The van der Waals surface area contributed by atoms with Gasteiger partial charge in [-0.15, -0.1) is 0 Å². The average molecular weight is 451 g/mol. The van der Waals surface area contributed by atoms with Crippen molar-refractivity contribution in [3.8, 4) is 0 Å². The SMILES string of the molecule is O=C1C[C@@H](N(CCc2ccccc2)C(=O)c2cccc(F)c2)C(=O)N1c1ccc(Cl)cc1. The van der Waals surface area contributed by atoms with E-state index in [1.807, 2.05) is 30.3 Å². The summed E-state index contributed by atoms with van der Waals surface area (Å²) < 4.78 is 13.8. The highest BCUT2D eigenvalue weighted by Crippen LogP contribution is 2.28. The second kappa shape index (κ2) is 9.32. The Kier molecular flexibility index (Phi) is 6.32. The lowest BCUT2D eigenvalue weighted by molar-refractivity contribution is -0.122. The smallest absolute Gasteiger partial charge is 0.257 e. The molecule has 1 aliphatic heterocycles. The monoisotopic (exact) mass is 450 g/mol. The Morgan fingerprint density at radius 2 is 1.72 bits per heavy atom. The number of carbonyl (C=O) groups is 3. The van der Waals surface area contributed by atoms with Gasteiger partial charge in [-0.25, -0.2) is 9.29 Å². The summed E-state index contributed by atoms with van der Waals surface area (Å²) in [7, 11) is 0. The molecule has 0 saturated carbocycles. The van der Waals surface area contributed by atoms with E-state index >= 15 is 0 Å². The highest BCUT2D eigenvalue weighted by molar-refractivity contribution is 6.31. The number of amides is 3. The first-order valence-electron chi connectivity index (χ1n) is 10.2. The third-order valence-corrected chi connectivity index (χ3v) is 5.65. The van der Waals surface area contributed by atoms with Crippen LogP contribution in [0, 0.1) is 5.82 Å². The largest absolute Gasteiger partial charge is 0.326 e. The molecule has 32 heavy (non-hydrogen) atoms. The second-order valence-electron chi connectivity index (χ2n) is 7.51. The molecule has 162 valence electrons. The Hall–Kier alpha value is -3.51. The zero-order valence-corrected chi connectivity index (χ0v) is 17.8. The number of carbonyl (C=O) groups excluding carboxylic acids is 3. The van der Waals surface area contributed by atoms with Crippen LogP contribution in [0.3, 0.4) is 0 Å². The minimum absolute atomic E-state index is 0.128. The lowest BCUT2D eigenvalue weighted by Crippen LogP contribution is -2.46. The van der Waals surface area contributed by atoms with Crippen LogP contribution in [0.5, 0.6) is 0 Å². The Bertz CT molecular complexity index is 1150. The summed E-state index contributed by atoms with van der Waals surface area (Å²) in [6.07, 6.45) is 0.345. The van der Waals surface area contributed by atoms with Crippen molar-refractivity contribution in [1.82, 2.24) is 4.90 Å². The van der Waals surface area contributed by atoms with Gasteiger partial charge in [0.1, 0.15) is 11.9 Å². The minimum Gasteiger partial charge on any atom is -0.326 e. The van der Waals surface area contributed by atoms with Crippen molar-refractivity contribution in [2.75, 3.05) is 11.4 Å². The van der Waals surface area contributed by atoms with Crippen LogP contribution in [0.1, 0.15) is 22.3 Å². The maximum Gasteiger partial charge on any atom is 0.257 e. The van der Waals surface area contributed by atoms with E-state index in [1.54, 1.807) is 24.3 Å². The molecular formula is C25H20ClFN2O3. The summed E-state index contributed by atoms with van der Waals surface area (Å²) >= 11 is 5.92. The first kappa shape index (κ1) is 21.7. The van der Waals surface area contributed by atoms with Gasteiger partial charge in [-0.05, 0) is 54.4 Å². The molecule has 3 amide bonds. The van der Waals surface area contributed by atoms with E-state index in [2.05, 4.69) is 0 Å². The Balaban J connectivity index is 1.64. The highest BCUT2D eigenvalue weighted by atomic mass is 35.5. The van der Waals surface area contributed by atoms with Crippen LogP contribution in [-0.4, -0.2) is 35.2 Å². The van der Waals surface area contributed by atoms with Crippen LogP contribution in [0.25, 0.3) is 0 Å². The predicted octanol–water partition coefficient (Wildman–Crippen LogP) is 4.50. The fourth-order valence-electron chi connectivity index (χ4n) is 3.80. The number of imide groups is 1. The van der Waals surface area contributed by atoms with Crippen molar-refractivity contribution in [1.29, 1.82) is 0 Å². The van der Waals surface area contributed by atoms with E-state index in [0.29, 0.717) is 17.1 Å². The molecule has 1 heterocycles. The van der Waals surface area contributed by atoms with Gasteiger partial charge >= 0.3 is 0 Å². The van der Waals surface area contributed by atoms with Gasteiger partial charge in [0, 0.05) is 17.1 Å². The standard InChI is InChI=1S/C25H20ClFN2O3/c26-19-9-11-21(12-10-19)29-23(30)16-22(25(29)32)28(14-13-17-5-2-1-3-6-17)24(31)18-7-4-8-20(27)15-18/h1-12,15,22H,13-14,16H2/t22-/m1/s1. The molecule has 0 aliphatic carbocycles. The summed E-state index contributed by atoms with van der Waals surface area (Å²) in [5, 5.41) is 0.482. The summed E-state index contributed by atoms with van der Waals surface area (Å²) in [4.78, 5) is 41.8. The van der Waals surface area contributed by atoms with Crippen molar-refractivity contribution in [2.24, 2.45) is 0 Å². The molecule has 1 fully saturated rings. The molecule has 0 unspecified atom stereocenters. The zero-order chi connectivity index (χ0) is 22.7. The van der Waals surface area contributed by atoms with Gasteiger partial charge in [-0.2, -0.15) is 0 Å². The van der Waals surface area contributed by atoms with Gasteiger partial charge in [0.2, 0.25) is 5.91 Å². The van der Waals surface area contributed by atoms with Gasteiger partial charge in [0.15, 0.2) is 0 Å². The third-order valence-electron chi connectivity index (χ3n) is 5.40. The molecule has 5 nitrogen and oxygen atoms in total. The topological polar surface area (TPSA) is 57.7 Å². The number of hydrogen-bond donors (Lipinski definition) is 0. The lowest BCUT2D eigenvalue weighted by Gasteiger charge is -2.28.